The molecule has 91 heavy (non-hydrogen) atoms. The Bertz CT molecular complexity index is 3430. The third kappa shape index (κ3) is 13.1. The lowest BCUT2D eigenvalue weighted by Gasteiger charge is -2.56. The number of nitrogens with one attached hydrogen (secondary N) is 6. The number of piperidine rings is 1. The van der Waals surface area contributed by atoms with E-state index in [0.29, 0.717) is 102 Å². The van der Waals surface area contributed by atoms with Crippen LogP contribution in [0.2, 0.25) is 0 Å². The Morgan fingerprint density at radius 2 is 1.78 bits per heavy atom. The summed E-state index contributed by atoms with van der Waals surface area (Å²) in [7, 11) is 3.58. The lowest BCUT2D eigenvalue weighted by molar-refractivity contribution is -0.126. The first-order valence-corrected chi connectivity index (χ1v) is 34.5. The lowest BCUT2D eigenvalue weighted by Crippen LogP contribution is -2.57. The number of allylic oxidation sites excluding steroid dienone is 3. The maximum atomic E-state index is 14.8. The standard InChI is InChI=1S/C76H99N9O6/c1-45(87)66-31-53-29-58-33-64-57(41-79-2)38-76(72(53)64)69-19-18-49(37-75(69,40-70(76)85-66)39-65-61-20-23-80-42-54(61)27-51-15-9-21-81-73(51)65)26-59(88)34-60(89)30-56(44-86)62-35-68(91-3)67(90)32-52(62)28-55-43-83-71(77)36-63(55)50(14-8-22-82-74(78)84-58)25-48-13-7-12-47(24-48)17-16-46-10-5-4-6-11-46/h4-7,9-13,15,24,30-32,35-36,43,45,49-51,54,57-58,61,64-66,69-73,79-81,83,85-87,90H,14,16-21,23,25-29,33-34,37-42,44,77H2,1-3H3,(H3,78,82,84). The number of carbonyl (C=O) groups is 2. The van der Waals surface area contributed by atoms with Crippen LogP contribution >= 0.6 is 0 Å². The van der Waals surface area contributed by atoms with E-state index in [0.717, 1.165) is 107 Å². The molecular formula is C76H99N9O6. The number of Topliss-reactive ketones (excluding diaryl/α,β-unsaturated/α-hetero) is 1. The maximum absolute atomic E-state index is 14.8. The van der Waals surface area contributed by atoms with Crippen molar-refractivity contribution in [2.45, 2.75) is 153 Å². The number of nitrogens with zero attached hydrogens (tertiary/aromatic N) is 1. The summed E-state index contributed by atoms with van der Waals surface area (Å²) < 4.78 is 5.68. The smallest absolute Gasteiger partial charge is 0.202 e. The van der Waals surface area contributed by atoms with E-state index in [4.69, 9.17) is 21.2 Å². The van der Waals surface area contributed by atoms with Crippen LogP contribution in [0.3, 0.4) is 0 Å². The van der Waals surface area contributed by atoms with Gasteiger partial charge in [-0.1, -0.05) is 84.3 Å². The van der Waals surface area contributed by atoms with Crippen molar-refractivity contribution in [1.82, 2.24) is 31.9 Å². The van der Waals surface area contributed by atoms with E-state index in [1.54, 1.807) is 12.1 Å². The van der Waals surface area contributed by atoms with Gasteiger partial charge in [0, 0.05) is 49.8 Å². The molecule has 3 aromatic carbocycles. The number of ketones is 2. The monoisotopic (exact) mass is 1230 g/mol. The number of hydrogen-bond acceptors (Lipinski definition) is 15. The quantitative estimate of drug-likeness (QED) is 0.0474. The molecule has 484 valence electrons. The van der Waals surface area contributed by atoms with E-state index in [-0.39, 0.29) is 70.3 Å². The van der Waals surface area contributed by atoms with E-state index in [2.05, 4.69) is 118 Å². The van der Waals surface area contributed by atoms with Gasteiger partial charge in [-0.05, 0) is 262 Å². The zero-order chi connectivity index (χ0) is 63.0. The molecule has 1 spiro atoms. The van der Waals surface area contributed by atoms with Gasteiger partial charge >= 0.3 is 0 Å². The van der Waals surface area contributed by atoms with E-state index < -0.39 is 18.9 Å². The van der Waals surface area contributed by atoms with Gasteiger partial charge in [-0.25, -0.2) is 0 Å². The molecule has 7 aliphatic heterocycles. The number of aryl methyl sites for hydroxylation is 2. The van der Waals surface area contributed by atoms with Gasteiger partial charge in [0.25, 0.3) is 0 Å². The van der Waals surface area contributed by atoms with Gasteiger partial charge in [0.1, 0.15) is 5.78 Å². The predicted molar refractivity (Wildman–Crippen MR) is 359 cm³/mol. The zero-order valence-electron chi connectivity index (χ0n) is 53.8. The Kier molecular flexibility index (Phi) is 19.0. The summed E-state index contributed by atoms with van der Waals surface area (Å²) in [6.45, 7) is 5.37. The minimum atomic E-state index is -0.609. The molecule has 5 aliphatic carbocycles. The summed E-state index contributed by atoms with van der Waals surface area (Å²) in [6.07, 6.45) is 25.0. The van der Waals surface area contributed by atoms with Gasteiger partial charge in [0.15, 0.2) is 17.3 Å². The van der Waals surface area contributed by atoms with Crippen molar-refractivity contribution in [2.24, 2.45) is 86.5 Å². The molecule has 6 fully saturated rings. The van der Waals surface area contributed by atoms with Crippen LogP contribution < -0.4 is 48.1 Å². The average molecular weight is 1230 g/mol. The molecule has 12 aliphatic rings. The highest BCUT2D eigenvalue weighted by molar-refractivity contribution is 6.08. The fourth-order valence-corrected chi connectivity index (χ4v) is 20.7. The lowest BCUT2D eigenvalue weighted by atomic mass is 9.50. The van der Waals surface area contributed by atoms with Crippen molar-refractivity contribution < 1.29 is 29.6 Å². The van der Waals surface area contributed by atoms with Gasteiger partial charge in [-0.3, -0.25) is 9.59 Å². The molecule has 8 bridgehead atoms. The van der Waals surface area contributed by atoms with Crippen LogP contribution in [0.15, 0.2) is 125 Å². The predicted octanol–water partition coefficient (Wildman–Crippen LogP) is 7.70. The van der Waals surface area contributed by atoms with Crippen molar-refractivity contribution in [3.05, 3.63) is 148 Å². The third-order valence-electron chi connectivity index (χ3n) is 24.0. The number of methoxy groups -OCH3 is 1. The number of aliphatic imine (C=N–C) groups is 1. The van der Waals surface area contributed by atoms with Crippen LogP contribution in [0, 0.1) is 82.0 Å². The normalized spacial score (nSPS) is 35.8. The summed E-state index contributed by atoms with van der Waals surface area (Å²) in [5.74, 6) is 7.04. The van der Waals surface area contributed by atoms with Gasteiger partial charge in [0.2, 0.25) is 5.96 Å². The number of benzene rings is 3. The van der Waals surface area contributed by atoms with Gasteiger partial charge in [-0.2, -0.15) is 4.99 Å². The van der Waals surface area contributed by atoms with E-state index >= 15 is 0 Å². The highest BCUT2D eigenvalue weighted by Gasteiger charge is 2.72. The number of carbonyl (C=O) groups excluding carboxylic acids is 2. The first-order chi connectivity index (χ1) is 44.2. The fraction of sp³-hybridized carbons (Fsp3) is 0.566. The fourth-order valence-electron chi connectivity index (χ4n) is 20.7. The summed E-state index contributed by atoms with van der Waals surface area (Å²) in [5, 5.41) is 57.5. The number of rotatable bonds is 12. The first kappa shape index (κ1) is 63.4. The molecule has 1 saturated heterocycles. The second-order valence-corrected chi connectivity index (χ2v) is 29.3. The molecule has 15 heteroatoms. The molecule has 3 aromatic rings. The van der Waals surface area contributed by atoms with Gasteiger partial charge in [0.05, 0.1) is 38.4 Å². The van der Waals surface area contributed by atoms with E-state index in [1.807, 2.05) is 25.3 Å². The van der Waals surface area contributed by atoms with Crippen molar-refractivity contribution >= 4 is 23.1 Å². The number of hydrogen-bond donors (Lipinski definition) is 11. The maximum Gasteiger partial charge on any atom is 0.202 e. The molecule has 7 heterocycles. The van der Waals surface area contributed by atoms with Crippen LogP contribution in [0.4, 0.5) is 0 Å². The number of ether oxygens (including phenoxy) is 1. The number of phenolic OH excluding ortho intramolecular Hbond substituents is 1. The van der Waals surface area contributed by atoms with Crippen molar-refractivity contribution in [3.63, 3.8) is 0 Å². The zero-order valence-corrected chi connectivity index (χ0v) is 53.8. The van der Waals surface area contributed by atoms with Gasteiger partial charge < -0.3 is 63.4 Å². The number of guanidine groups is 1. The third-order valence-corrected chi connectivity index (χ3v) is 24.0. The number of aromatic hydroxyl groups is 1. The molecule has 0 aromatic heterocycles. The molecule has 5 saturated carbocycles. The van der Waals surface area contributed by atoms with Gasteiger partial charge in [-0.15, -0.1) is 0 Å². The summed E-state index contributed by atoms with van der Waals surface area (Å²) >= 11 is 0. The average Bonchev–Trinajstić information content (AvgIpc) is 1.52. The molecule has 13 N–H and O–H groups in total. The largest absolute Gasteiger partial charge is 0.504 e. The minimum Gasteiger partial charge on any atom is -0.504 e. The minimum absolute atomic E-state index is 0.0116. The van der Waals surface area contributed by atoms with Crippen LogP contribution in [0.5, 0.6) is 11.5 Å². The second kappa shape index (κ2) is 27.3. The number of dihydropyridines is 1. The first-order valence-electron chi connectivity index (χ1n) is 34.5. The Morgan fingerprint density at radius 3 is 2.60 bits per heavy atom. The van der Waals surface area contributed by atoms with Crippen LogP contribution in [-0.4, -0.2) is 116 Å². The van der Waals surface area contributed by atoms with Crippen molar-refractivity contribution in [1.29, 1.82) is 0 Å². The number of fused-ring (bicyclic) bond motifs is 2. The molecule has 0 radical (unpaired) electrons. The number of phenols is 1. The highest BCUT2D eigenvalue weighted by atomic mass is 16.5. The number of aliphatic hydroxyl groups is 2. The molecule has 18 unspecified atom stereocenters. The Morgan fingerprint density at radius 1 is 0.945 bits per heavy atom. The van der Waals surface area contributed by atoms with Crippen molar-refractivity contribution in [3.8, 4) is 23.5 Å². The molecule has 15 nitrogen and oxygen atoms in total. The van der Waals surface area contributed by atoms with Crippen LogP contribution in [0.1, 0.15) is 118 Å². The SMILES string of the molecule is CNCC1CC23C4CC5(CC6C7CCNCC7CC7C=CCNC76)CC(CCC52)CC(=O)CC(=O)C=C(CO)c2cc(OC)c(O)cc2CC2=CNC(N)C=C2C(Cc2cccc(CCc5ccccc5)c2)CC#CN=C(N)NC2CC(=CC(C(C)O)N4)C3C1C2. The Hall–Kier alpha value is -6.35. The number of nitrogens with two attached hydrogens (primary N) is 2. The molecule has 0 amide bonds. The Labute approximate surface area is 539 Å². The van der Waals surface area contributed by atoms with E-state index in [1.165, 1.54) is 42.7 Å². The summed E-state index contributed by atoms with van der Waals surface area (Å²) in [5.41, 5.74) is 22.1. The van der Waals surface area contributed by atoms with Crippen molar-refractivity contribution in [2.75, 3.05) is 46.9 Å². The molecular weight excluding hydrogens is 1130 g/mol. The second-order valence-electron chi connectivity index (χ2n) is 29.3. The van der Waals surface area contributed by atoms with E-state index in [9.17, 15) is 24.9 Å². The van der Waals surface area contributed by atoms with Crippen LogP contribution in [-0.2, 0) is 35.3 Å². The highest BCUT2D eigenvalue weighted by Crippen LogP contribution is 2.75. The topological polar surface area (TPSA) is 241 Å². The Balaban J connectivity index is 0.889. The number of aliphatic hydroxyl groups excluding tert-OH is 2. The summed E-state index contributed by atoms with van der Waals surface area (Å²) in [4.78, 5) is 34.2. The molecule has 18 atom stereocenters. The molecule has 15 rings (SSSR count). The summed E-state index contributed by atoms with van der Waals surface area (Å²) in [6, 6.07) is 26.2. The van der Waals surface area contributed by atoms with Crippen LogP contribution in [0.25, 0.3) is 5.57 Å².